The van der Waals surface area contributed by atoms with Gasteiger partial charge in [0.05, 0.1) is 6.54 Å². The van der Waals surface area contributed by atoms with Crippen LogP contribution in [0.2, 0.25) is 0 Å². The summed E-state index contributed by atoms with van der Waals surface area (Å²) in [7, 11) is 0. The van der Waals surface area contributed by atoms with Crippen LogP contribution in [0.3, 0.4) is 0 Å². The van der Waals surface area contributed by atoms with Crippen molar-refractivity contribution in [2.75, 3.05) is 13.1 Å². The van der Waals surface area contributed by atoms with E-state index in [2.05, 4.69) is 0 Å². The van der Waals surface area contributed by atoms with Gasteiger partial charge in [-0.15, -0.1) is 0 Å². The van der Waals surface area contributed by atoms with Gasteiger partial charge in [-0.05, 0) is 37.3 Å². The Morgan fingerprint density at radius 1 is 1.38 bits per heavy atom. The van der Waals surface area contributed by atoms with Gasteiger partial charge >= 0.3 is 6.09 Å². The number of carboxylic acid groups (broad SMARTS) is 1. The van der Waals surface area contributed by atoms with Crippen LogP contribution >= 0.6 is 0 Å². The average Bonchev–Trinajstić information content (AvgIpc) is 2.87. The molecular formula is C15H20N2O4. The number of hydrogen-bond donors (Lipinski definition) is 2. The Morgan fingerprint density at radius 3 is 2.86 bits per heavy atom. The van der Waals surface area contributed by atoms with Crippen molar-refractivity contribution in [1.29, 1.82) is 0 Å². The molecule has 0 spiro atoms. The maximum absolute atomic E-state index is 10.9. The molecule has 0 atom stereocenters. The normalized spacial score (nSPS) is 18.9. The number of hydroxylamine groups is 2. The second-order valence-electron chi connectivity index (χ2n) is 5.77. The highest BCUT2D eigenvalue weighted by Crippen LogP contribution is 2.26. The Morgan fingerprint density at radius 2 is 2.14 bits per heavy atom. The van der Waals surface area contributed by atoms with Crippen molar-refractivity contribution in [3.63, 3.8) is 0 Å². The molecule has 1 aromatic rings. The third-order valence-corrected chi connectivity index (χ3v) is 4.31. The summed E-state index contributed by atoms with van der Waals surface area (Å²) in [6.45, 7) is 1.74. The standard InChI is InChI=1S/C15H20N2O4/c18-15(19)16-6-3-11(4-7-16)1-2-13-9-12-10-17(20)8-5-14(12)21-13/h5,8-9,11,20H,1-4,6-7,10H2,(H,18,19). The number of likely N-dealkylation sites (tertiary alicyclic amines) is 1. The fourth-order valence-electron chi connectivity index (χ4n) is 3.03. The molecule has 2 aliphatic rings. The maximum Gasteiger partial charge on any atom is 0.407 e. The lowest BCUT2D eigenvalue weighted by atomic mass is 9.92. The van der Waals surface area contributed by atoms with Crippen LogP contribution in [0, 0.1) is 5.92 Å². The molecule has 21 heavy (non-hydrogen) atoms. The van der Waals surface area contributed by atoms with Crippen molar-refractivity contribution < 1.29 is 19.5 Å². The Hall–Kier alpha value is -1.95. The number of rotatable bonds is 3. The number of amides is 1. The topological polar surface area (TPSA) is 77.2 Å². The van der Waals surface area contributed by atoms with E-state index in [1.165, 1.54) is 4.90 Å². The van der Waals surface area contributed by atoms with E-state index in [-0.39, 0.29) is 0 Å². The first kappa shape index (κ1) is 14.0. The first-order valence-corrected chi connectivity index (χ1v) is 7.35. The molecule has 3 rings (SSSR count). The monoisotopic (exact) mass is 292 g/mol. The fourth-order valence-corrected chi connectivity index (χ4v) is 3.03. The van der Waals surface area contributed by atoms with E-state index in [1.807, 2.05) is 6.07 Å². The average molecular weight is 292 g/mol. The Labute approximate surface area is 123 Å². The molecule has 0 bridgehead atoms. The summed E-state index contributed by atoms with van der Waals surface area (Å²) in [5, 5.41) is 19.5. The molecule has 0 radical (unpaired) electrons. The molecule has 1 amide bonds. The molecule has 6 heteroatoms. The molecule has 1 aromatic heterocycles. The zero-order valence-corrected chi connectivity index (χ0v) is 11.9. The van der Waals surface area contributed by atoms with E-state index in [0.29, 0.717) is 25.6 Å². The minimum absolute atomic E-state index is 0.465. The van der Waals surface area contributed by atoms with E-state index in [0.717, 1.165) is 47.8 Å². The van der Waals surface area contributed by atoms with Crippen molar-refractivity contribution in [3.8, 4) is 0 Å². The van der Waals surface area contributed by atoms with Crippen molar-refractivity contribution >= 4 is 12.2 Å². The van der Waals surface area contributed by atoms with E-state index in [1.54, 1.807) is 12.3 Å². The number of fused-ring (bicyclic) bond motifs is 1. The molecule has 6 nitrogen and oxygen atoms in total. The van der Waals surface area contributed by atoms with Gasteiger partial charge in [-0.1, -0.05) is 0 Å². The third kappa shape index (κ3) is 3.21. The van der Waals surface area contributed by atoms with Crippen LogP contribution in [0.1, 0.15) is 36.3 Å². The maximum atomic E-state index is 10.9. The van der Waals surface area contributed by atoms with Crippen LogP contribution in [-0.2, 0) is 13.0 Å². The van der Waals surface area contributed by atoms with Crippen LogP contribution in [0.4, 0.5) is 4.79 Å². The molecule has 114 valence electrons. The number of hydrogen-bond acceptors (Lipinski definition) is 4. The second kappa shape index (κ2) is 5.81. The zero-order valence-electron chi connectivity index (χ0n) is 11.9. The zero-order chi connectivity index (χ0) is 14.8. The van der Waals surface area contributed by atoms with Gasteiger partial charge in [-0.25, -0.2) is 4.79 Å². The number of nitrogens with zero attached hydrogens (tertiary/aromatic N) is 2. The highest BCUT2D eigenvalue weighted by Gasteiger charge is 2.22. The fraction of sp³-hybridized carbons (Fsp3) is 0.533. The Balaban J connectivity index is 1.50. The highest BCUT2D eigenvalue weighted by atomic mass is 16.5. The Bertz CT molecular complexity index is 544. The summed E-state index contributed by atoms with van der Waals surface area (Å²) >= 11 is 0. The molecule has 3 heterocycles. The molecule has 0 unspecified atom stereocenters. The molecular weight excluding hydrogens is 272 g/mol. The highest BCUT2D eigenvalue weighted by molar-refractivity contribution is 5.64. The Kier molecular flexibility index (Phi) is 3.88. The van der Waals surface area contributed by atoms with E-state index in [9.17, 15) is 10.0 Å². The number of aryl methyl sites for hydroxylation is 1. The largest absolute Gasteiger partial charge is 0.465 e. The molecule has 0 aromatic carbocycles. The van der Waals surface area contributed by atoms with E-state index < -0.39 is 6.09 Å². The van der Waals surface area contributed by atoms with Crippen molar-refractivity contribution in [2.24, 2.45) is 5.92 Å². The van der Waals surface area contributed by atoms with Crippen LogP contribution in [0.5, 0.6) is 0 Å². The van der Waals surface area contributed by atoms with E-state index in [4.69, 9.17) is 9.52 Å². The molecule has 0 saturated carbocycles. The van der Waals surface area contributed by atoms with Crippen molar-refractivity contribution in [2.45, 2.75) is 32.2 Å². The van der Waals surface area contributed by atoms with Crippen LogP contribution in [-0.4, -0.2) is 39.5 Å². The van der Waals surface area contributed by atoms with Crippen LogP contribution < -0.4 is 0 Å². The summed E-state index contributed by atoms with van der Waals surface area (Å²) in [5.74, 6) is 2.34. The quantitative estimate of drug-likeness (QED) is 0.895. The van der Waals surface area contributed by atoms with Gasteiger partial charge in [-0.3, -0.25) is 10.3 Å². The first-order chi connectivity index (χ1) is 10.1. The summed E-state index contributed by atoms with van der Waals surface area (Å²) in [6.07, 6.45) is 6.29. The van der Waals surface area contributed by atoms with Gasteiger partial charge in [0.15, 0.2) is 0 Å². The lowest BCUT2D eigenvalue weighted by Crippen LogP contribution is -2.37. The predicted molar refractivity (Wildman–Crippen MR) is 75.7 cm³/mol. The minimum atomic E-state index is -0.812. The lowest BCUT2D eigenvalue weighted by Gasteiger charge is -2.29. The molecule has 0 aliphatic carbocycles. The first-order valence-electron chi connectivity index (χ1n) is 7.35. The van der Waals surface area contributed by atoms with Crippen LogP contribution in [0.15, 0.2) is 16.7 Å². The minimum Gasteiger partial charge on any atom is -0.465 e. The van der Waals surface area contributed by atoms with E-state index >= 15 is 0 Å². The number of furan rings is 1. The van der Waals surface area contributed by atoms with Gasteiger partial charge in [-0.2, -0.15) is 0 Å². The summed E-state index contributed by atoms with van der Waals surface area (Å²) in [6, 6.07) is 2.01. The lowest BCUT2D eigenvalue weighted by molar-refractivity contribution is -0.0498. The van der Waals surface area contributed by atoms with Crippen molar-refractivity contribution in [3.05, 3.63) is 29.4 Å². The number of carbonyl (C=O) groups is 1. The molecule has 2 N–H and O–H groups in total. The summed E-state index contributed by atoms with van der Waals surface area (Å²) < 4.78 is 5.78. The predicted octanol–water partition coefficient (Wildman–Crippen LogP) is 2.78. The van der Waals surface area contributed by atoms with Gasteiger partial charge in [0.1, 0.15) is 11.5 Å². The van der Waals surface area contributed by atoms with Crippen molar-refractivity contribution in [1.82, 2.24) is 9.96 Å². The number of piperidine rings is 1. The second-order valence-corrected chi connectivity index (χ2v) is 5.77. The van der Waals surface area contributed by atoms with Gasteiger partial charge in [0, 0.05) is 31.3 Å². The van der Waals surface area contributed by atoms with Gasteiger partial charge in [0.25, 0.3) is 0 Å². The SMILES string of the molecule is O=C(O)N1CCC(CCc2cc3c(o2)C=CN(O)C3)CC1. The molecule has 2 aliphatic heterocycles. The summed E-state index contributed by atoms with van der Waals surface area (Å²) in [5.41, 5.74) is 1.01. The molecule has 1 fully saturated rings. The molecule has 1 saturated heterocycles. The van der Waals surface area contributed by atoms with Gasteiger partial charge in [0.2, 0.25) is 0 Å². The smallest absolute Gasteiger partial charge is 0.407 e. The van der Waals surface area contributed by atoms with Crippen LogP contribution in [0.25, 0.3) is 6.08 Å². The van der Waals surface area contributed by atoms with Gasteiger partial charge < -0.3 is 14.4 Å². The third-order valence-electron chi connectivity index (χ3n) is 4.31. The summed E-state index contributed by atoms with van der Waals surface area (Å²) in [4.78, 5) is 12.3.